The number of nitrogens with zero attached hydrogens (tertiary/aromatic N) is 3. The summed E-state index contributed by atoms with van der Waals surface area (Å²) >= 11 is 0. The van der Waals surface area contributed by atoms with E-state index >= 15 is 0 Å². The molecule has 4 rings (SSSR count). The molecular weight excluding hydrogens is 330 g/mol. The summed E-state index contributed by atoms with van der Waals surface area (Å²) in [6.45, 7) is 5.43. The number of rotatable bonds is 6. The Bertz CT molecular complexity index is 811. The average molecular weight is 355 g/mol. The summed E-state index contributed by atoms with van der Waals surface area (Å²) in [5.41, 5.74) is 3.74. The van der Waals surface area contributed by atoms with Crippen molar-refractivity contribution in [3.8, 4) is 5.75 Å². The van der Waals surface area contributed by atoms with Gasteiger partial charge in [-0.25, -0.2) is 4.79 Å². The van der Waals surface area contributed by atoms with Crippen LogP contribution in [0, 0.1) is 5.92 Å². The normalized spacial score (nSPS) is 17.1. The Morgan fingerprint density at radius 3 is 2.96 bits per heavy atom. The van der Waals surface area contributed by atoms with Crippen LogP contribution in [0.3, 0.4) is 0 Å². The van der Waals surface area contributed by atoms with Gasteiger partial charge in [0, 0.05) is 43.9 Å². The number of aromatic nitrogens is 2. The van der Waals surface area contributed by atoms with Crippen molar-refractivity contribution in [1.29, 1.82) is 0 Å². The van der Waals surface area contributed by atoms with E-state index in [1.807, 2.05) is 23.7 Å². The lowest BCUT2D eigenvalue weighted by atomic mass is 10.0. The molecule has 1 aliphatic carbocycles. The zero-order valence-corrected chi connectivity index (χ0v) is 15.1. The fourth-order valence-corrected chi connectivity index (χ4v) is 3.65. The Morgan fingerprint density at radius 2 is 2.23 bits per heavy atom. The van der Waals surface area contributed by atoms with Gasteiger partial charge in [-0.3, -0.25) is 9.58 Å². The molecule has 1 aromatic heterocycles. The van der Waals surface area contributed by atoms with Crippen molar-refractivity contribution < 1.29 is 14.6 Å². The molecule has 0 unspecified atom stereocenters. The summed E-state index contributed by atoms with van der Waals surface area (Å²) in [6.07, 6.45) is 3.40. The fraction of sp³-hybridized carbons (Fsp3) is 0.500. The van der Waals surface area contributed by atoms with E-state index < -0.39 is 0 Å². The number of phenols is 1. The zero-order chi connectivity index (χ0) is 18.1. The van der Waals surface area contributed by atoms with Crippen molar-refractivity contribution in [3.05, 3.63) is 46.8 Å². The van der Waals surface area contributed by atoms with E-state index in [9.17, 15) is 9.90 Å². The van der Waals surface area contributed by atoms with Crippen LogP contribution < -0.4 is 0 Å². The van der Waals surface area contributed by atoms with Gasteiger partial charge < -0.3 is 9.84 Å². The van der Waals surface area contributed by atoms with Gasteiger partial charge in [0.15, 0.2) is 5.69 Å². The summed E-state index contributed by atoms with van der Waals surface area (Å²) in [5, 5.41) is 14.3. The predicted molar refractivity (Wildman–Crippen MR) is 96.8 cm³/mol. The summed E-state index contributed by atoms with van der Waals surface area (Å²) in [7, 11) is 0. The van der Waals surface area contributed by atoms with Gasteiger partial charge in [0.2, 0.25) is 0 Å². The number of ether oxygens (including phenoxy) is 1. The molecule has 0 amide bonds. The lowest BCUT2D eigenvalue weighted by Crippen LogP contribution is -2.31. The second kappa shape index (κ2) is 7.11. The lowest BCUT2D eigenvalue weighted by Gasteiger charge is -2.27. The van der Waals surface area contributed by atoms with E-state index in [1.54, 1.807) is 12.1 Å². The first-order valence-corrected chi connectivity index (χ1v) is 9.40. The van der Waals surface area contributed by atoms with E-state index in [1.165, 1.54) is 18.5 Å². The number of benzene rings is 1. The molecule has 1 fully saturated rings. The number of phenolic OH excluding ortho intramolecular Hbond substituents is 1. The first-order chi connectivity index (χ1) is 12.6. The molecule has 0 bridgehead atoms. The molecule has 0 radical (unpaired) electrons. The van der Waals surface area contributed by atoms with E-state index in [4.69, 9.17) is 4.74 Å². The highest BCUT2D eigenvalue weighted by Gasteiger charge is 2.31. The Hall–Kier alpha value is -2.34. The summed E-state index contributed by atoms with van der Waals surface area (Å²) in [6, 6.07) is 7.34. The molecule has 0 atom stereocenters. The standard InChI is InChI=1S/C20H25N3O3/c1-2-26-20(25)19-17-13-22(11-15-4-3-5-16(24)10-15)9-8-18(17)23(21-19)12-14-6-7-14/h3-5,10,14,24H,2,6-9,11-13H2,1H3. The highest BCUT2D eigenvalue weighted by atomic mass is 16.5. The average Bonchev–Trinajstić information content (AvgIpc) is 3.36. The SMILES string of the molecule is CCOC(=O)c1nn(CC2CC2)c2c1CN(Cc1cccc(O)c1)CC2. The number of fused-ring (bicyclic) bond motifs is 1. The molecule has 6 heteroatoms. The molecule has 1 saturated carbocycles. The van der Waals surface area contributed by atoms with Crippen molar-refractivity contribution >= 4 is 5.97 Å². The van der Waals surface area contributed by atoms with Gasteiger partial charge in [-0.1, -0.05) is 12.1 Å². The summed E-state index contributed by atoms with van der Waals surface area (Å²) in [5.74, 6) is 0.668. The van der Waals surface area contributed by atoms with Crippen LogP contribution in [-0.2, 0) is 30.8 Å². The van der Waals surface area contributed by atoms with E-state index in [0.717, 1.165) is 37.2 Å². The third-order valence-electron chi connectivity index (χ3n) is 5.13. The molecule has 26 heavy (non-hydrogen) atoms. The Kier molecular flexibility index (Phi) is 4.68. The Morgan fingerprint density at radius 1 is 1.38 bits per heavy atom. The topological polar surface area (TPSA) is 67.6 Å². The molecule has 0 spiro atoms. The van der Waals surface area contributed by atoms with E-state index in [2.05, 4.69) is 10.00 Å². The lowest BCUT2D eigenvalue weighted by molar-refractivity contribution is 0.0515. The molecular formula is C20H25N3O3. The maximum absolute atomic E-state index is 12.4. The van der Waals surface area contributed by atoms with Crippen LogP contribution in [0.25, 0.3) is 0 Å². The highest BCUT2D eigenvalue weighted by Crippen LogP contribution is 2.33. The minimum Gasteiger partial charge on any atom is -0.508 e. The van der Waals surface area contributed by atoms with Crippen LogP contribution in [0.5, 0.6) is 5.75 Å². The van der Waals surface area contributed by atoms with Crippen LogP contribution in [0.15, 0.2) is 24.3 Å². The second-order valence-electron chi connectivity index (χ2n) is 7.25. The smallest absolute Gasteiger partial charge is 0.359 e. The molecule has 2 heterocycles. The van der Waals surface area contributed by atoms with Gasteiger partial charge in [0.25, 0.3) is 0 Å². The van der Waals surface area contributed by atoms with Gasteiger partial charge in [0.1, 0.15) is 5.75 Å². The number of esters is 1. The first kappa shape index (κ1) is 17.1. The molecule has 1 aliphatic heterocycles. The van der Waals surface area contributed by atoms with Crippen molar-refractivity contribution in [2.24, 2.45) is 5.92 Å². The Labute approximate surface area is 153 Å². The van der Waals surface area contributed by atoms with Gasteiger partial charge in [-0.2, -0.15) is 5.10 Å². The number of aromatic hydroxyl groups is 1. The van der Waals surface area contributed by atoms with Gasteiger partial charge in [0.05, 0.1) is 6.61 Å². The van der Waals surface area contributed by atoms with Gasteiger partial charge in [-0.05, 0) is 43.4 Å². The Balaban J connectivity index is 1.57. The van der Waals surface area contributed by atoms with E-state index in [0.29, 0.717) is 24.8 Å². The maximum atomic E-state index is 12.4. The molecule has 0 saturated heterocycles. The van der Waals surface area contributed by atoms with Gasteiger partial charge >= 0.3 is 5.97 Å². The van der Waals surface area contributed by atoms with Crippen molar-refractivity contribution in [2.75, 3.05) is 13.2 Å². The number of carbonyl (C=O) groups is 1. The third kappa shape index (κ3) is 3.60. The molecule has 2 aliphatic rings. The number of carbonyl (C=O) groups excluding carboxylic acids is 1. The quantitative estimate of drug-likeness (QED) is 0.807. The second-order valence-corrected chi connectivity index (χ2v) is 7.25. The van der Waals surface area contributed by atoms with E-state index in [-0.39, 0.29) is 11.7 Å². The first-order valence-electron chi connectivity index (χ1n) is 9.40. The maximum Gasteiger partial charge on any atom is 0.359 e. The largest absolute Gasteiger partial charge is 0.508 e. The third-order valence-corrected chi connectivity index (χ3v) is 5.13. The molecule has 6 nitrogen and oxygen atoms in total. The fourth-order valence-electron chi connectivity index (χ4n) is 3.65. The number of hydrogen-bond acceptors (Lipinski definition) is 5. The summed E-state index contributed by atoms with van der Waals surface area (Å²) in [4.78, 5) is 14.7. The minimum absolute atomic E-state index is 0.282. The van der Waals surface area contributed by atoms with Crippen LogP contribution >= 0.6 is 0 Å². The monoisotopic (exact) mass is 355 g/mol. The van der Waals surface area contributed by atoms with Crippen molar-refractivity contribution in [1.82, 2.24) is 14.7 Å². The van der Waals surface area contributed by atoms with Crippen LogP contribution in [0.1, 0.15) is 47.1 Å². The predicted octanol–water partition coefficient (Wildman–Crippen LogP) is 2.73. The van der Waals surface area contributed by atoms with Gasteiger partial charge in [-0.15, -0.1) is 0 Å². The number of hydrogen-bond donors (Lipinski definition) is 1. The van der Waals surface area contributed by atoms with Crippen LogP contribution in [-0.4, -0.2) is 38.9 Å². The zero-order valence-electron chi connectivity index (χ0n) is 15.1. The summed E-state index contributed by atoms with van der Waals surface area (Å²) < 4.78 is 7.28. The molecule has 1 N–H and O–H groups in total. The highest BCUT2D eigenvalue weighted by molar-refractivity contribution is 5.89. The molecule has 138 valence electrons. The van der Waals surface area contributed by atoms with Crippen LogP contribution in [0.2, 0.25) is 0 Å². The van der Waals surface area contributed by atoms with Crippen molar-refractivity contribution in [2.45, 2.75) is 45.8 Å². The van der Waals surface area contributed by atoms with Crippen LogP contribution in [0.4, 0.5) is 0 Å². The molecule has 2 aromatic rings. The molecule has 1 aromatic carbocycles. The minimum atomic E-state index is -0.322. The van der Waals surface area contributed by atoms with Crippen molar-refractivity contribution in [3.63, 3.8) is 0 Å².